The smallest absolute Gasteiger partial charge is 0.261 e. The number of aromatic nitrogens is 4. The van der Waals surface area contributed by atoms with Crippen molar-refractivity contribution in [1.29, 1.82) is 0 Å². The topological polar surface area (TPSA) is 115 Å². The Bertz CT molecular complexity index is 1500. The maximum atomic E-state index is 15.6. The number of ether oxygens (including phenoxy) is 1. The molecule has 0 spiro atoms. The zero-order chi connectivity index (χ0) is 26.4. The molecular formula is C25H30F2N8O2. The molecule has 0 unspecified atom stereocenters. The fraction of sp³-hybridized carbons (Fsp3) is 0.400. The van der Waals surface area contributed by atoms with Crippen molar-refractivity contribution in [2.24, 2.45) is 7.05 Å². The van der Waals surface area contributed by atoms with Gasteiger partial charge in [0.1, 0.15) is 28.4 Å². The Hall–Kier alpha value is -3.93. The van der Waals surface area contributed by atoms with E-state index in [2.05, 4.69) is 32.5 Å². The molecule has 1 amide bonds. The summed E-state index contributed by atoms with van der Waals surface area (Å²) in [5, 5.41) is 11.1. The number of carbonyl (C=O) groups is 1. The summed E-state index contributed by atoms with van der Waals surface area (Å²) >= 11 is 0. The van der Waals surface area contributed by atoms with E-state index < -0.39 is 17.5 Å². The molecule has 0 radical (unpaired) electrons. The van der Waals surface area contributed by atoms with Gasteiger partial charge in [0.05, 0.1) is 18.5 Å². The zero-order valence-corrected chi connectivity index (χ0v) is 21.2. The SMILES string of the molecule is CCNC1CCN(c2cc(F)c(C(=O)Nc3cn4c(N)c(C)nc4c(F)c3OC)c3nn(C)cc23)CC1. The number of carbonyl (C=O) groups excluding carboxylic acids is 1. The van der Waals surface area contributed by atoms with Gasteiger partial charge >= 0.3 is 0 Å². The van der Waals surface area contributed by atoms with E-state index in [1.165, 1.54) is 23.8 Å². The largest absolute Gasteiger partial charge is 0.491 e. The van der Waals surface area contributed by atoms with Crippen molar-refractivity contribution in [2.45, 2.75) is 32.7 Å². The molecule has 196 valence electrons. The molecule has 4 N–H and O–H groups in total. The lowest BCUT2D eigenvalue weighted by Crippen LogP contribution is -2.42. The molecule has 37 heavy (non-hydrogen) atoms. The van der Waals surface area contributed by atoms with Gasteiger partial charge in [0, 0.05) is 44.0 Å². The number of nitrogens with zero attached hydrogens (tertiary/aromatic N) is 5. The Morgan fingerprint density at radius 1 is 1.27 bits per heavy atom. The molecule has 3 aromatic heterocycles. The van der Waals surface area contributed by atoms with Crippen molar-refractivity contribution in [3.8, 4) is 5.75 Å². The molecule has 12 heteroatoms. The molecule has 10 nitrogen and oxygen atoms in total. The lowest BCUT2D eigenvalue weighted by molar-refractivity contribution is 0.102. The highest BCUT2D eigenvalue weighted by Gasteiger charge is 2.27. The first-order valence-electron chi connectivity index (χ1n) is 12.2. The summed E-state index contributed by atoms with van der Waals surface area (Å²) in [5.74, 6) is -2.31. The van der Waals surface area contributed by atoms with Gasteiger partial charge < -0.3 is 26.0 Å². The van der Waals surface area contributed by atoms with Crippen LogP contribution in [0.15, 0.2) is 18.5 Å². The predicted molar refractivity (Wildman–Crippen MR) is 138 cm³/mol. The van der Waals surface area contributed by atoms with Crippen LogP contribution < -0.4 is 26.0 Å². The number of nitrogen functional groups attached to an aromatic ring is 1. The van der Waals surface area contributed by atoms with Gasteiger partial charge in [0.15, 0.2) is 11.4 Å². The maximum Gasteiger partial charge on any atom is 0.261 e. The molecule has 4 heterocycles. The van der Waals surface area contributed by atoms with E-state index in [0.29, 0.717) is 22.8 Å². The molecule has 0 aliphatic carbocycles. The first-order valence-corrected chi connectivity index (χ1v) is 12.2. The Balaban J connectivity index is 1.53. The number of halogens is 2. The van der Waals surface area contributed by atoms with Crippen molar-refractivity contribution in [1.82, 2.24) is 24.5 Å². The fourth-order valence-electron chi connectivity index (χ4n) is 5.06. The third kappa shape index (κ3) is 4.20. The van der Waals surface area contributed by atoms with Crippen molar-refractivity contribution in [2.75, 3.05) is 42.7 Å². The van der Waals surface area contributed by atoms with Crippen molar-refractivity contribution in [3.05, 3.63) is 41.4 Å². The summed E-state index contributed by atoms with van der Waals surface area (Å²) in [5.41, 5.74) is 7.08. The molecule has 4 aromatic rings. The van der Waals surface area contributed by atoms with Gasteiger partial charge in [-0.05, 0) is 32.4 Å². The van der Waals surface area contributed by atoms with Gasteiger partial charge in [0.2, 0.25) is 5.82 Å². The minimum Gasteiger partial charge on any atom is -0.491 e. The number of nitrogens with one attached hydrogen (secondary N) is 2. The molecule has 0 saturated carbocycles. The van der Waals surface area contributed by atoms with E-state index in [1.807, 2.05) is 0 Å². The number of aryl methyl sites for hydroxylation is 2. The number of hydrogen-bond donors (Lipinski definition) is 3. The monoisotopic (exact) mass is 512 g/mol. The number of fused-ring (bicyclic) bond motifs is 2. The minimum atomic E-state index is -0.792. The predicted octanol–water partition coefficient (Wildman–Crippen LogP) is 3.23. The molecular weight excluding hydrogens is 482 g/mol. The van der Waals surface area contributed by atoms with Gasteiger partial charge in [-0.15, -0.1) is 0 Å². The van der Waals surface area contributed by atoms with Gasteiger partial charge in [-0.3, -0.25) is 13.9 Å². The Kier molecular flexibility index (Phi) is 6.36. The quantitative estimate of drug-likeness (QED) is 0.363. The highest BCUT2D eigenvalue weighted by molar-refractivity contribution is 6.14. The fourth-order valence-corrected chi connectivity index (χ4v) is 5.06. The lowest BCUT2D eigenvalue weighted by atomic mass is 10.0. The first-order chi connectivity index (χ1) is 17.7. The molecule has 1 aliphatic rings. The average Bonchev–Trinajstić information content (AvgIpc) is 3.38. The summed E-state index contributed by atoms with van der Waals surface area (Å²) < 4.78 is 38.8. The van der Waals surface area contributed by atoms with E-state index >= 15 is 8.78 Å². The van der Waals surface area contributed by atoms with E-state index in [4.69, 9.17) is 10.5 Å². The molecule has 1 saturated heterocycles. The third-order valence-electron chi connectivity index (χ3n) is 6.88. The van der Waals surface area contributed by atoms with Crippen LogP contribution >= 0.6 is 0 Å². The Labute approximate surface area is 212 Å². The van der Waals surface area contributed by atoms with E-state index in [9.17, 15) is 4.79 Å². The number of amides is 1. The van der Waals surface area contributed by atoms with Crippen LogP contribution in [0.1, 0.15) is 35.8 Å². The highest BCUT2D eigenvalue weighted by atomic mass is 19.1. The van der Waals surface area contributed by atoms with Crippen LogP contribution in [0, 0.1) is 18.6 Å². The van der Waals surface area contributed by atoms with E-state index in [0.717, 1.165) is 32.5 Å². The summed E-state index contributed by atoms with van der Waals surface area (Å²) in [6, 6.07) is 1.81. The second kappa shape index (κ2) is 9.51. The number of methoxy groups -OCH3 is 1. The molecule has 5 rings (SSSR count). The normalized spacial score (nSPS) is 14.6. The van der Waals surface area contributed by atoms with Gasteiger partial charge in [-0.2, -0.15) is 9.49 Å². The number of hydrogen-bond acceptors (Lipinski definition) is 7. The highest BCUT2D eigenvalue weighted by Crippen LogP contribution is 2.35. The average molecular weight is 513 g/mol. The van der Waals surface area contributed by atoms with Crippen molar-refractivity contribution in [3.63, 3.8) is 0 Å². The van der Waals surface area contributed by atoms with Crippen LogP contribution in [-0.4, -0.2) is 57.9 Å². The maximum absolute atomic E-state index is 15.6. The molecule has 1 aliphatic heterocycles. The molecule has 0 atom stereocenters. The number of benzene rings is 1. The third-order valence-corrected chi connectivity index (χ3v) is 6.88. The minimum absolute atomic E-state index is 0.0142. The van der Waals surface area contributed by atoms with Gasteiger partial charge in [-0.25, -0.2) is 9.37 Å². The van der Waals surface area contributed by atoms with Crippen molar-refractivity contribution >= 4 is 39.6 Å². The van der Waals surface area contributed by atoms with E-state index in [1.54, 1.807) is 24.9 Å². The second-order valence-corrected chi connectivity index (χ2v) is 9.26. The molecule has 1 fully saturated rings. The van der Waals surface area contributed by atoms with Crippen LogP contribution in [0.3, 0.4) is 0 Å². The zero-order valence-electron chi connectivity index (χ0n) is 21.2. The number of nitrogens with two attached hydrogens (primary N) is 1. The van der Waals surface area contributed by atoms with Gasteiger partial charge in [0.25, 0.3) is 5.91 Å². The number of imidazole rings is 1. The summed E-state index contributed by atoms with van der Waals surface area (Å²) in [6.45, 7) is 6.15. The number of rotatable bonds is 6. The number of pyridine rings is 1. The number of piperidine rings is 1. The first kappa shape index (κ1) is 24.8. The Morgan fingerprint density at radius 2 is 2.00 bits per heavy atom. The Morgan fingerprint density at radius 3 is 2.68 bits per heavy atom. The van der Waals surface area contributed by atoms with Crippen LogP contribution in [0.2, 0.25) is 0 Å². The lowest BCUT2D eigenvalue weighted by Gasteiger charge is -2.34. The standard InChI is InChI=1S/C25H30F2N8O2/c1-5-29-14-6-8-34(9-7-14)18-10-16(26)19(21-15(18)11-33(3)32-21)25(36)31-17-12-35-23(28)13(2)30-24(35)20(27)22(17)37-4/h10-12,14,29H,5-9,28H2,1-4H3,(H,31,36). The van der Waals surface area contributed by atoms with Crippen LogP contribution in [0.4, 0.5) is 26.0 Å². The molecule has 1 aromatic carbocycles. The van der Waals surface area contributed by atoms with Crippen molar-refractivity contribution < 1.29 is 18.3 Å². The van der Waals surface area contributed by atoms with Crippen LogP contribution in [0.5, 0.6) is 5.75 Å². The number of anilines is 3. The summed E-state index contributed by atoms with van der Waals surface area (Å²) in [7, 11) is 2.99. The van der Waals surface area contributed by atoms with Crippen LogP contribution in [0.25, 0.3) is 16.6 Å². The second-order valence-electron chi connectivity index (χ2n) is 9.26. The van der Waals surface area contributed by atoms with E-state index in [-0.39, 0.29) is 34.0 Å². The summed E-state index contributed by atoms with van der Waals surface area (Å²) in [4.78, 5) is 19.6. The van der Waals surface area contributed by atoms with Gasteiger partial charge in [-0.1, -0.05) is 6.92 Å². The molecule has 0 bridgehead atoms. The summed E-state index contributed by atoms with van der Waals surface area (Å²) in [6.07, 6.45) is 5.05. The van der Waals surface area contributed by atoms with Crippen LogP contribution in [-0.2, 0) is 7.05 Å².